The minimum atomic E-state index is -4.03. The van der Waals surface area contributed by atoms with Crippen LogP contribution in [0.3, 0.4) is 0 Å². The minimum absolute atomic E-state index is 0.118. The molecule has 9 heteroatoms. The third-order valence-corrected chi connectivity index (χ3v) is 5.98. The van der Waals surface area contributed by atoms with Crippen LogP contribution in [0.5, 0.6) is 5.75 Å². The highest BCUT2D eigenvalue weighted by Crippen LogP contribution is 2.36. The number of benzene rings is 2. The van der Waals surface area contributed by atoms with E-state index in [4.69, 9.17) is 21.4 Å². The highest BCUT2D eigenvalue weighted by atomic mass is 35.5. The molecule has 3 rings (SSSR count). The predicted molar refractivity (Wildman–Crippen MR) is 97.8 cm³/mol. The summed E-state index contributed by atoms with van der Waals surface area (Å²) in [6.07, 6.45) is 2.95. The van der Waals surface area contributed by atoms with Crippen LogP contribution in [0.1, 0.15) is 22.7 Å². The Morgan fingerprint density at radius 3 is 2.74 bits per heavy atom. The van der Waals surface area contributed by atoms with E-state index in [1.54, 1.807) is 18.2 Å². The van der Waals surface area contributed by atoms with Crippen molar-refractivity contribution in [1.29, 1.82) is 0 Å². The third-order valence-electron chi connectivity index (χ3n) is 4.15. The smallest absolute Gasteiger partial charge is 0.307 e. The Morgan fingerprint density at radius 1 is 1.33 bits per heavy atom. The Hall–Kier alpha value is -2.42. The summed E-state index contributed by atoms with van der Waals surface area (Å²) in [5.74, 6) is -1.78. The number of aliphatic carboxylic acids is 1. The zero-order valence-corrected chi connectivity index (χ0v) is 15.6. The van der Waals surface area contributed by atoms with Crippen molar-refractivity contribution in [3.05, 3.63) is 63.9 Å². The van der Waals surface area contributed by atoms with Gasteiger partial charge in [0.1, 0.15) is 16.5 Å². The average molecular weight is 412 g/mol. The molecular weight excluding hydrogens is 397 g/mol. The van der Waals surface area contributed by atoms with Gasteiger partial charge in [-0.05, 0) is 34.9 Å². The molecule has 1 unspecified atom stereocenters. The molecule has 0 saturated carbocycles. The van der Waals surface area contributed by atoms with Gasteiger partial charge in [-0.1, -0.05) is 29.8 Å². The standard InChI is InChI=1S/C18H15ClFNO5S/c1-26-16-8-10(20)2-7-17(16)27(24,25)21-15-6-4-11-12(15)3-5-14(19)13(11)9-18(22)23/h2-8,15,21H,9H2,1H3,(H,22,23). The van der Waals surface area contributed by atoms with Gasteiger partial charge in [0.05, 0.1) is 19.6 Å². The van der Waals surface area contributed by atoms with Gasteiger partial charge in [0, 0.05) is 11.1 Å². The Morgan fingerprint density at radius 2 is 2.07 bits per heavy atom. The quantitative estimate of drug-likeness (QED) is 0.761. The zero-order valence-electron chi connectivity index (χ0n) is 14.1. The van der Waals surface area contributed by atoms with Crippen LogP contribution in [0.25, 0.3) is 6.08 Å². The number of carboxylic acids is 1. The molecule has 142 valence electrons. The molecule has 2 N–H and O–H groups in total. The van der Waals surface area contributed by atoms with Crippen molar-refractivity contribution in [2.24, 2.45) is 0 Å². The SMILES string of the molecule is COc1cc(F)ccc1S(=O)(=O)NC1C=Cc2c1ccc(Cl)c2CC(=O)O. The van der Waals surface area contributed by atoms with Crippen LogP contribution in [0.2, 0.25) is 5.02 Å². The molecule has 0 fully saturated rings. The second kappa shape index (κ2) is 7.30. The van der Waals surface area contributed by atoms with Gasteiger partial charge in [-0.2, -0.15) is 4.72 Å². The highest BCUT2D eigenvalue weighted by Gasteiger charge is 2.28. The van der Waals surface area contributed by atoms with Crippen LogP contribution in [-0.4, -0.2) is 26.6 Å². The van der Waals surface area contributed by atoms with Crippen molar-refractivity contribution in [2.75, 3.05) is 7.11 Å². The Labute approximate surface area is 160 Å². The zero-order chi connectivity index (χ0) is 19.8. The Kier molecular flexibility index (Phi) is 5.23. The monoisotopic (exact) mass is 411 g/mol. The number of methoxy groups -OCH3 is 1. The number of sulfonamides is 1. The van der Waals surface area contributed by atoms with Crippen molar-refractivity contribution in [3.63, 3.8) is 0 Å². The van der Waals surface area contributed by atoms with E-state index in [0.717, 1.165) is 18.2 Å². The lowest BCUT2D eigenvalue weighted by Gasteiger charge is -2.17. The van der Waals surface area contributed by atoms with Crippen LogP contribution in [0.15, 0.2) is 41.3 Å². The van der Waals surface area contributed by atoms with Gasteiger partial charge in [-0.3, -0.25) is 4.79 Å². The molecule has 2 aromatic carbocycles. The maximum absolute atomic E-state index is 13.3. The first-order valence-corrected chi connectivity index (χ1v) is 9.66. The lowest BCUT2D eigenvalue weighted by molar-refractivity contribution is -0.136. The Bertz CT molecular complexity index is 1050. The molecule has 27 heavy (non-hydrogen) atoms. The average Bonchev–Trinajstić information content (AvgIpc) is 2.99. The van der Waals surface area contributed by atoms with Gasteiger partial charge < -0.3 is 9.84 Å². The first-order valence-electron chi connectivity index (χ1n) is 7.80. The molecule has 0 saturated heterocycles. The van der Waals surface area contributed by atoms with Crippen molar-refractivity contribution < 1.29 is 27.4 Å². The maximum atomic E-state index is 13.3. The lowest BCUT2D eigenvalue weighted by atomic mass is 9.99. The number of hydrogen-bond donors (Lipinski definition) is 2. The number of rotatable bonds is 6. The van der Waals surface area contributed by atoms with Crippen LogP contribution in [0.4, 0.5) is 4.39 Å². The largest absolute Gasteiger partial charge is 0.495 e. The van der Waals surface area contributed by atoms with Crippen molar-refractivity contribution >= 4 is 33.7 Å². The number of halogens is 2. The summed E-state index contributed by atoms with van der Waals surface area (Å²) in [6.45, 7) is 0. The van der Waals surface area contributed by atoms with E-state index in [1.165, 1.54) is 13.2 Å². The summed E-state index contributed by atoms with van der Waals surface area (Å²) in [5.41, 5.74) is 1.57. The molecule has 0 bridgehead atoms. The minimum Gasteiger partial charge on any atom is -0.495 e. The molecule has 2 aromatic rings. The van der Waals surface area contributed by atoms with Crippen molar-refractivity contribution in [1.82, 2.24) is 4.72 Å². The lowest BCUT2D eigenvalue weighted by Crippen LogP contribution is -2.27. The summed E-state index contributed by atoms with van der Waals surface area (Å²) in [7, 11) is -2.79. The van der Waals surface area contributed by atoms with Gasteiger partial charge >= 0.3 is 5.97 Å². The number of carbonyl (C=O) groups is 1. The molecule has 0 aromatic heterocycles. The van der Waals surface area contributed by atoms with Gasteiger partial charge in [-0.25, -0.2) is 12.8 Å². The van der Waals surface area contributed by atoms with E-state index in [9.17, 15) is 17.6 Å². The summed E-state index contributed by atoms with van der Waals surface area (Å²) in [5, 5.41) is 9.36. The van der Waals surface area contributed by atoms with E-state index in [2.05, 4.69) is 4.72 Å². The molecule has 0 spiro atoms. The molecule has 0 amide bonds. The second-order valence-electron chi connectivity index (χ2n) is 5.85. The molecular formula is C18H15ClFNO5S. The second-order valence-corrected chi connectivity index (χ2v) is 7.94. The fourth-order valence-corrected chi connectivity index (χ4v) is 4.50. The van der Waals surface area contributed by atoms with Crippen LogP contribution in [-0.2, 0) is 21.2 Å². The van der Waals surface area contributed by atoms with Gasteiger partial charge in [0.2, 0.25) is 10.0 Å². The van der Waals surface area contributed by atoms with Crippen molar-refractivity contribution in [2.45, 2.75) is 17.4 Å². The van der Waals surface area contributed by atoms with Crippen LogP contribution >= 0.6 is 11.6 Å². The van der Waals surface area contributed by atoms with Gasteiger partial charge in [0.15, 0.2) is 0 Å². The molecule has 1 aliphatic carbocycles. The number of ether oxygens (including phenoxy) is 1. The molecule has 1 aliphatic rings. The third kappa shape index (κ3) is 3.83. The van der Waals surface area contributed by atoms with Crippen LogP contribution in [0, 0.1) is 5.82 Å². The van der Waals surface area contributed by atoms with Gasteiger partial charge in [-0.15, -0.1) is 0 Å². The topological polar surface area (TPSA) is 92.7 Å². The summed E-state index contributed by atoms with van der Waals surface area (Å²) < 4.78 is 46.3. The highest BCUT2D eigenvalue weighted by molar-refractivity contribution is 7.89. The van der Waals surface area contributed by atoms with E-state index < -0.39 is 27.9 Å². The number of carboxylic acid groups (broad SMARTS) is 1. The van der Waals surface area contributed by atoms with E-state index in [1.807, 2.05) is 0 Å². The number of nitrogens with one attached hydrogen (secondary N) is 1. The first-order chi connectivity index (χ1) is 12.7. The summed E-state index contributed by atoms with van der Waals surface area (Å²) in [4.78, 5) is 10.9. The maximum Gasteiger partial charge on any atom is 0.307 e. The number of hydrogen-bond acceptors (Lipinski definition) is 4. The normalized spacial score (nSPS) is 15.6. The van der Waals surface area contributed by atoms with Crippen LogP contribution < -0.4 is 9.46 Å². The van der Waals surface area contributed by atoms with E-state index in [0.29, 0.717) is 21.7 Å². The fourth-order valence-electron chi connectivity index (χ4n) is 2.95. The van der Waals surface area contributed by atoms with E-state index in [-0.39, 0.29) is 17.1 Å². The van der Waals surface area contributed by atoms with Crippen molar-refractivity contribution in [3.8, 4) is 5.75 Å². The molecule has 0 aliphatic heterocycles. The molecule has 1 atom stereocenters. The fraction of sp³-hybridized carbons (Fsp3) is 0.167. The van der Waals surface area contributed by atoms with Gasteiger partial charge in [0.25, 0.3) is 0 Å². The summed E-state index contributed by atoms with van der Waals surface area (Å²) >= 11 is 6.10. The molecule has 0 heterocycles. The predicted octanol–water partition coefficient (Wildman–Crippen LogP) is 3.16. The molecule has 0 radical (unpaired) electrons. The van der Waals surface area contributed by atoms with E-state index >= 15 is 0 Å². The number of fused-ring (bicyclic) bond motifs is 1. The Balaban J connectivity index is 1.96. The molecule has 6 nitrogen and oxygen atoms in total. The summed E-state index contributed by atoms with van der Waals surface area (Å²) in [6, 6.07) is 5.58. The first kappa shape index (κ1) is 19.3.